The van der Waals surface area contributed by atoms with Crippen molar-refractivity contribution in [2.24, 2.45) is 0 Å². The molecular formula is C11H10N2O3. The van der Waals surface area contributed by atoms with E-state index in [1.54, 1.807) is 25.1 Å². The van der Waals surface area contributed by atoms with Gasteiger partial charge < -0.3 is 4.74 Å². The second-order valence-electron chi connectivity index (χ2n) is 3.19. The Labute approximate surface area is 91.1 Å². The number of hydrogen-bond acceptors (Lipinski definition) is 4. The molecule has 0 saturated carbocycles. The Bertz CT molecular complexity index is 584. The zero-order valence-electron chi connectivity index (χ0n) is 8.69. The largest absolute Gasteiger partial charge is 0.462 e. The summed E-state index contributed by atoms with van der Waals surface area (Å²) in [4.78, 5) is 23.2. The van der Waals surface area contributed by atoms with Gasteiger partial charge in [0.05, 0.1) is 23.8 Å². The highest BCUT2D eigenvalue weighted by Gasteiger charge is 2.13. The summed E-state index contributed by atoms with van der Waals surface area (Å²) in [5.41, 5.74) is -0.121. The number of carbonyl (C=O) groups is 1. The Balaban J connectivity index is 2.70. The third-order valence-corrected chi connectivity index (χ3v) is 2.19. The molecule has 0 atom stereocenters. The lowest BCUT2D eigenvalue weighted by molar-refractivity contribution is 0.0528. The van der Waals surface area contributed by atoms with Crippen LogP contribution in [-0.4, -0.2) is 22.8 Å². The van der Waals surface area contributed by atoms with Gasteiger partial charge in [0.15, 0.2) is 0 Å². The van der Waals surface area contributed by atoms with Crippen molar-refractivity contribution in [3.05, 3.63) is 40.3 Å². The minimum atomic E-state index is -0.496. The van der Waals surface area contributed by atoms with E-state index in [-0.39, 0.29) is 17.7 Å². The highest BCUT2D eigenvalue weighted by molar-refractivity contribution is 6.03. The average molecular weight is 218 g/mol. The van der Waals surface area contributed by atoms with Crippen LogP contribution in [0.3, 0.4) is 0 Å². The molecule has 1 heterocycles. The standard InChI is InChI=1S/C11H10N2O3/c1-2-16-11(15)8-5-3-4-7-6-12-13-10(14)9(7)8/h3-6H,2H2,1H3,(H,13,14). The van der Waals surface area contributed by atoms with Gasteiger partial charge in [-0.3, -0.25) is 4.79 Å². The zero-order chi connectivity index (χ0) is 11.5. The number of aromatic nitrogens is 2. The quantitative estimate of drug-likeness (QED) is 0.766. The molecule has 0 aliphatic heterocycles. The van der Waals surface area contributed by atoms with Crippen molar-refractivity contribution in [1.82, 2.24) is 10.2 Å². The topological polar surface area (TPSA) is 72.0 Å². The van der Waals surface area contributed by atoms with Gasteiger partial charge >= 0.3 is 5.97 Å². The van der Waals surface area contributed by atoms with Crippen LogP contribution in [0.1, 0.15) is 17.3 Å². The van der Waals surface area contributed by atoms with Gasteiger partial charge in [-0.1, -0.05) is 12.1 Å². The molecule has 1 N–H and O–H groups in total. The molecule has 1 aromatic carbocycles. The molecule has 0 bridgehead atoms. The average Bonchev–Trinajstić information content (AvgIpc) is 2.29. The van der Waals surface area contributed by atoms with Gasteiger partial charge in [0.1, 0.15) is 0 Å². The Kier molecular flexibility index (Phi) is 2.68. The maximum absolute atomic E-state index is 11.6. The molecule has 82 valence electrons. The number of fused-ring (bicyclic) bond motifs is 1. The van der Waals surface area contributed by atoms with Crippen LogP contribution in [0.25, 0.3) is 10.8 Å². The lowest BCUT2D eigenvalue weighted by Crippen LogP contribution is -2.14. The predicted octanol–water partition coefficient (Wildman–Crippen LogP) is 1.10. The summed E-state index contributed by atoms with van der Waals surface area (Å²) >= 11 is 0. The Hall–Kier alpha value is -2.17. The smallest absolute Gasteiger partial charge is 0.338 e. The molecule has 0 unspecified atom stereocenters. The van der Waals surface area contributed by atoms with Crippen molar-refractivity contribution in [2.45, 2.75) is 6.92 Å². The lowest BCUT2D eigenvalue weighted by Gasteiger charge is -2.04. The van der Waals surface area contributed by atoms with E-state index in [9.17, 15) is 9.59 Å². The van der Waals surface area contributed by atoms with Gasteiger partial charge in [-0.25, -0.2) is 9.89 Å². The van der Waals surface area contributed by atoms with Crippen LogP contribution in [-0.2, 0) is 4.74 Å². The molecule has 0 saturated heterocycles. The van der Waals surface area contributed by atoms with Crippen molar-refractivity contribution in [3.8, 4) is 0 Å². The summed E-state index contributed by atoms with van der Waals surface area (Å²) in [7, 11) is 0. The number of hydrogen-bond donors (Lipinski definition) is 1. The fourth-order valence-corrected chi connectivity index (χ4v) is 1.53. The maximum Gasteiger partial charge on any atom is 0.338 e. The number of H-pyrrole nitrogens is 1. The van der Waals surface area contributed by atoms with Crippen molar-refractivity contribution < 1.29 is 9.53 Å². The van der Waals surface area contributed by atoms with Gasteiger partial charge in [-0.05, 0) is 13.0 Å². The maximum atomic E-state index is 11.6. The van der Waals surface area contributed by atoms with E-state index in [2.05, 4.69) is 10.2 Å². The number of esters is 1. The number of rotatable bonds is 2. The molecule has 2 aromatic rings. The van der Waals surface area contributed by atoms with Gasteiger partial charge in [0.25, 0.3) is 5.56 Å². The van der Waals surface area contributed by atoms with Gasteiger partial charge in [0.2, 0.25) is 0 Å². The van der Waals surface area contributed by atoms with Gasteiger partial charge in [-0.2, -0.15) is 5.10 Å². The summed E-state index contributed by atoms with van der Waals surface area (Å²) in [5.74, 6) is -0.496. The first-order valence-corrected chi connectivity index (χ1v) is 4.87. The fraction of sp³-hybridized carbons (Fsp3) is 0.182. The van der Waals surface area contributed by atoms with Crippen molar-refractivity contribution in [1.29, 1.82) is 0 Å². The SMILES string of the molecule is CCOC(=O)c1cccc2cn[nH]c(=O)c12. The van der Waals surface area contributed by atoms with Crippen LogP contribution in [0.4, 0.5) is 0 Å². The molecule has 0 radical (unpaired) electrons. The molecular weight excluding hydrogens is 208 g/mol. The molecule has 0 aliphatic carbocycles. The molecule has 1 aromatic heterocycles. The molecule has 0 fully saturated rings. The predicted molar refractivity (Wildman–Crippen MR) is 58.3 cm³/mol. The van der Waals surface area contributed by atoms with Crippen molar-refractivity contribution >= 4 is 16.7 Å². The minimum Gasteiger partial charge on any atom is -0.462 e. The van der Waals surface area contributed by atoms with E-state index < -0.39 is 5.97 Å². The fourth-order valence-electron chi connectivity index (χ4n) is 1.53. The van der Waals surface area contributed by atoms with E-state index in [1.165, 1.54) is 6.20 Å². The molecule has 5 heteroatoms. The minimum absolute atomic E-state index is 0.267. The first kappa shape index (κ1) is 10.4. The molecule has 0 spiro atoms. The van der Waals surface area contributed by atoms with Crippen LogP contribution in [0, 0.1) is 0 Å². The van der Waals surface area contributed by atoms with Crippen molar-refractivity contribution in [3.63, 3.8) is 0 Å². The normalized spacial score (nSPS) is 10.3. The Morgan fingerprint density at radius 2 is 2.31 bits per heavy atom. The highest BCUT2D eigenvalue weighted by Crippen LogP contribution is 2.14. The van der Waals surface area contributed by atoms with Crippen LogP contribution < -0.4 is 5.56 Å². The van der Waals surface area contributed by atoms with Crippen LogP contribution in [0.5, 0.6) is 0 Å². The second-order valence-corrected chi connectivity index (χ2v) is 3.19. The van der Waals surface area contributed by atoms with Gasteiger partial charge in [-0.15, -0.1) is 0 Å². The summed E-state index contributed by atoms with van der Waals surface area (Å²) < 4.78 is 4.88. The van der Waals surface area contributed by atoms with Gasteiger partial charge in [0, 0.05) is 5.39 Å². The molecule has 16 heavy (non-hydrogen) atoms. The van der Waals surface area contributed by atoms with Crippen LogP contribution in [0.2, 0.25) is 0 Å². The number of carbonyl (C=O) groups excluding carboxylic acids is 1. The van der Waals surface area contributed by atoms with E-state index >= 15 is 0 Å². The van der Waals surface area contributed by atoms with E-state index in [1.807, 2.05) is 0 Å². The Morgan fingerprint density at radius 1 is 1.50 bits per heavy atom. The molecule has 2 rings (SSSR count). The summed E-state index contributed by atoms with van der Waals surface area (Å²) in [5, 5.41) is 6.90. The van der Waals surface area contributed by atoms with E-state index in [0.29, 0.717) is 10.8 Å². The number of benzene rings is 1. The monoisotopic (exact) mass is 218 g/mol. The van der Waals surface area contributed by atoms with E-state index in [4.69, 9.17) is 4.74 Å². The first-order valence-electron chi connectivity index (χ1n) is 4.87. The van der Waals surface area contributed by atoms with Crippen LogP contribution in [0.15, 0.2) is 29.2 Å². The summed E-state index contributed by atoms with van der Waals surface area (Å²) in [6, 6.07) is 4.98. The number of nitrogens with one attached hydrogen (secondary N) is 1. The molecule has 5 nitrogen and oxygen atoms in total. The third kappa shape index (κ3) is 1.67. The number of aromatic amines is 1. The Morgan fingerprint density at radius 3 is 3.06 bits per heavy atom. The molecule has 0 amide bonds. The first-order chi connectivity index (χ1) is 7.74. The summed E-state index contributed by atoms with van der Waals surface area (Å²) in [6.45, 7) is 1.99. The second kappa shape index (κ2) is 4.14. The third-order valence-electron chi connectivity index (χ3n) is 2.19. The molecule has 0 aliphatic rings. The van der Waals surface area contributed by atoms with Crippen molar-refractivity contribution in [2.75, 3.05) is 6.61 Å². The van der Waals surface area contributed by atoms with E-state index in [0.717, 1.165) is 0 Å². The number of ether oxygens (including phenoxy) is 1. The zero-order valence-corrected chi connectivity index (χ0v) is 8.69. The highest BCUT2D eigenvalue weighted by atomic mass is 16.5. The number of nitrogens with zero attached hydrogens (tertiary/aromatic N) is 1. The lowest BCUT2D eigenvalue weighted by atomic mass is 10.1. The summed E-state index contributed by atoms with van der Waals surface area (Å²) in [6.07, 6.45) is 1.50. The van der Waals surface area contributed by atoms with Crippen LogP contribution >= 0.6 is 0 Å².